The van der Waals surface area contributed by atoms with Gasteiger partial charge in [0, 0.05) is 11.1 Å². The third-order valence-electron chi connectivity index (χ3n) is 3.08. The number of thiocarbonyl (C=S) groups is 1. The lowest BCUT2D eigenvalue weighted by Gasteiger charge is -2.12. The van der Waals surface area contributed by atoms with Crippen LogP contribution in [-0.2, 0) is 13.0 Å². The minimum atomic E-state index is -0.408. The summed E-state index contributed by atoms with van der Waals surface area (Å²) in [6.07, 6.45) is 0.867. The van der Waals surface area contributed by atoms with Crippen molar-refractivity contribution in [2.24, 2.45) is 5.73 Å². The fraction of sp³-hybridized carbons (Fsp3) is 0.188. The monoisotopic (exact) mass is 289 g/mol. The van der Waals surface area contributed by atoms with Gasteiger partial charge in [-0.3, -0.25) is 0 Å². The molecule has 0 saturated carbocycles. The molecule has 2 N–H and O–H groups in total. The van der Waals surface area contributed by atoms with E-state index in [2.05, 4.69) is 6.92 Å². The fourth-order valence-electron chi connectivity index (χ4n) is 1.97. The van der Waals surface area contributed by atoms with Crippen LogP contribution in [0.4, 0.5) is 4.39 Å². The van der Waals surface area contributed by atoms with Gasteiger partial charge in [-0.15, -0.1) is 0 Å². The average Bonchev–Trinajstić information content (AvgIpc) is 2.46. The van der Waals surface area contributed by atoms with E-state index in [4.69, 9.17) is 22.7 Å². The standard InChI is InChI=1S/C16H16FNOS/c1-2-11-6-3-4-9-14(11)19-10-12-7-5-8-13(15(12)17)16(18)20/h3-9H,2,10H2,1H3,(H2,18,20). The zero-order chi connectivity index (χ0) is 14.5. The molecule has 0 bridgehead atoms. The molecule has 0 fully saturated rings. The molecule has 2 rings (SSSR count). The van der Waals surface area contributed by atoms with Crippen LogP contribution in [0.15, 0.2) is 42.5 Å². The van der Waals surface area contributed by atoms with Crippen molar-refractivity contribution in [2.75, 3.05) is 0 Å². The van der Waals surface area contributed by atoms with Crippen LogP contribution in [0, 0.1) is 5.82 Å². The molecule has 2 aromatic rings. The van der Waals surface area contributed by atoms with Crippen molar-refractivity contribution in [1.29, 1.82) is 0 Å². The maximum atomic E-state index is 14.2. The summed E-state index contributed by atoms with van der Waals surface area (Å²) in [5, 5.41) is 0. The molecular formula is C16H16FNOS. The zero-order valence-electron chi connectivity index (χ0n) is 11.2. The van der Waals surface area contributed by atoms with Crippen LogP contribution in [-0.4, -0.2) is 4.99 Å². The number of hydrogen-bond acceptors (Lipinski definition) is 2. The number of aryl methyl sites for hydroxylation is 1. The quantitative estimate of drug-likeness (QED) is 0.854. The van der Waals surface area contributed by atoms with Crippen LogP contribution in [0.2, 0.25) is 0 Å². The number of benzene rings is 2. The van der Waals surface area contributed by atoms with Crippen LogP contribution >= 0.6 is 12.2 Å². The number of hydrogen-bond donors (Lipinski definition) is 1. The lowest BCUT2D eigenvalue weighted by atomic mass is 10.1. The number of ether oxygens (including phenoxy) is 1. The Bertz CT molecular complexity index is 628. The SMILES string of the molecule is CCc1ccccc1OCc1cccc(C(N)=S)c1F. The number of para-hydroxylation sites is 1. The Kier molecular flexibility index (Phi) is 4.69. The van der Waals surface area contributed by atoms with Gasteiger partial charge in [0.2, 0.25) is 0 Å². The molecule has 20 heavy (non-hydrogen) atoms. The molecule has 0 heterocycles. The van der Waals surface area contributed by atoms with Crippen LogP contribution < -0.4 is 10.5 Å². The van der Waals surface area contributed by atoms with Gasteiger partial charge in [-0.25, -0.2) is 4.39 Å². The molecule has 2 aromatic carbocycles. The molecule has 2 nitrogen and oxygen atoms in total. The minimum absolute atomic E-state index is 0.0540. The molecule has 0 saturated heterocycles. The Hall–Kier alpha value is -1.94. The molecule has 0 amide bonds. The third kappa shape index (κ3) is 3.14. The highest BCUT2D eigenvalue weighted by Gasteiger charge is 2.11. The number of rotatable bonds is 5. The second kappa shape index (κ2) is 6.48. The van der Waals surface area contributed by atoms with E-state index >= 15 is 0 Å². The van der Waals surface area contributed by atoms with E-state index in [-0.39, 0.29) is 17.2 Å². The van der Waals surface area contributed by atoms with Crippen LogP contribution in [0.25, 0.3) is 0 Å². The molecule has 0 unspecified atom stereocenters. The summed E-state index contributed by atoms with van der Waals surface area (Å²) in [6, 6.07) is 12.7. The van der Waals surface area contributed by atoms with E-state index in [0.717, 1.165) is 17.7 Å². The van der Waals surface area contributed by atoms with Gasteiger partial charge in [-0.1, -0.05) is 49.5 Å². The van der Waals surface area contributed by atoms with Gasteiger partial charge in [-0.05, 0) is 24.1 Å². The largest absolute Gasteiger partial charge is 0.489 e. The van der Waals surface area contributed by atoms with Crippen molar-refractivity contribution >= 4 is 17.2 Å². The van der Waals surface area contributed by atoms with E-state index in [0.29, 0.717) is 5.56 Å². The first-order valence-electron chi connectivity index (χ1n) is 6.41. The second-order valence-corrected chi connectivity index (χ2v) is 4.83. The zero-order valence-corrected chi connectivity index (χ0v) is 12.0. The minimum Gasteiger partial charge on any atom is -0.489 e. The summed E-state index contributed by atoms with van der Waals surface area (Å²) in [6.45, 7) is 2.20. The lowest BCUT2D eigenvalue weighted by Crippen LogP contribution is -2.13. The van der Waals surface area contributed by atoms with Crippen LogP contribution in [0.1, 0.15) is 23.6 Å². The van der Waals surface area contributed by atoms with E-state index in [1.165, 1.54) is 0 Å². The molecule has 0 atom stereocenters. The Morgan fingerprint density at radius 3 is 2.55 bits per heavy atom. The molecule has 0 aromatic heterocycles. The third-order valence-corrected chi connectivity index (χ3v) is 3.30. The van der Waals surface area contributed by atoms with Gasteiger partial charge in [0.1, 0.15) is 23.2 Å². The van der Waals surface area contributed by atoms with Gasteiger partial charge in [0.25, 0.3) is 0 Å². The van der Waals surface area contributed by atoms with Gasteiger partial charge in [0.05, 0.1) is 0 Å². The maximum absolute atomic E-state index is 14.2. The van der Waals surface area contributed by atoms with Gasteiger partial charge >= 0.3 is 0 Å². The summed E-state index contributed by atoms with van der Waals surface area (Å²) in [7, 11) is 0. The Morgan fingerprint density at radius 1 is 1.15 bits per heavy atom. The molecule has 0 spiro atoms. The molecule has 0 aliphatic rings. The lowest BCUT2D eigenvalue weighted by molar-refractivity contribution is 0.297. The second-order valence-electron chi connectivity index (χ2n) is 4.39. The number of nitrogens with two attached hydrogens (primary N) is 1. The average molecular weight is 289 g/mol. The van der Waals surface area contributed by atoms with Crippen molar-refractivity contribution < 1.29 is 9.13 Å². The van der Waals surface area contributed by atoms with Gasteiger partial charge in [0.15, 0.2) is 0 Å². The molecular weight excluding hydrogens is 273 g/mol. The topological polar surface area (TPSA) is 35.2 Å². The van der Waals surface area contributed by atoms with Crippen LogP contribution in [0.3, 0.4) is 0 Å². The van der Waals surface area contributed by atoms with Gasteiger partial charge in [-0.2, -0.15) is 0 Å². The highest BCUT2D eigenvalue weighted by atomic mass is 32.1. The Labute approximate surface area is 123 Å². The Morgan fingerprint density at radius 2 is 1.85 bits per heavy atom. The normalized spacial score (nSPS) is 10.3. The summed E-state index contributed by atoms with van der Waals surface area (Å²) in [5.74, 6) is 0.365. The summed E-state index contributed by atoms with van der Waals surface area (Å²) < 4.78 is 19.9. The van der Waals surface area contributed by atoms with Crippen molar-refractivity contribution in [2.45, 2.75) is 20.0 Å². The van der Waals surface area contributed by atoms with E-state index < -0.39 is 5.82 Å². The smallest absolute Gasteiger partial charge is 0.139 e. The van der Waals surface area contributed by atoms with E-state index in [1.807, 2.05) is 24.3 Å². The molecule has 0 aliphatic heterocycles. The predicted octanol–water partition coefficient (Wildman–Crippen LogP) is 3.60. The molecule has 0 aliphatic carbocycles. The summed E-state index contributed by atoms with van der Waals surface area (Å²) >= 11 is 4.82. The van der Waals surface area contributed by atoms with Gasteiger partial charge < -0.3 is 10.5 Å². The van der Waals surface area contributed by atoms with Crippen molar-refractivity contribution in [3.8, 4) is 5.75 Å². The first-order valence-corrected chi connectivity index (χ1v) is 6.82. The summed E-state index contributed by atoms with van der Waals surface area (Å²) in [5.41, 5.74) is 7.28. The Balaban J connectivity index is 2.19. The number of halogens is 1. The predicted molar refractivity (Wildman–Crippen MR) is 82.4 cm³/mol. The van der Waals surface area contributed by atoms with E-state index in [1.54, 1.807) is 18.2 Å². The van der Waals surface area contributed by atoms with Crippen molar-refractivity contribution in [1.82, 2.24) is 0 Å². The fourth-order valence-corrected chi connectivity index (χ4v) is 2.13. The summed E-state index contributed by atoms with van der Waals surface area (Å²) in [4.78, 5) is 0.0540. The molecule has 4 heteroatoms. The first-order chi connectivity index (χ1) is 9.63. The van der Waals surface area contributed by atoms with Crippen molar-refractivity contribution in [3.05, 3.63) is 65.0 Å². The first kappa shape index (κ1) is 14.5. The molecule has 0 radical (unpaired) electrons. The maximum Gasteiger partial charge on any atom is 0.139 e. The van der Waals surface area contributed by atoms with Crippen molar-refractivity contribution in [3.63, 3.8) is 0 Å². The van der Waals surface area contributed by atoms with E-state index in [9.17, 15) is 4.39 Å². The highest BCUT2D eigenvalue weighted by molar-refractivity contribution is 7.80. The molecule has 104 valence electrons. The van der Waals surface area contributed by atoms with Crippen LogP contribution in [0.5, 0.6) is 5.75 Å². The highest BCUT2D eigenvalue weighted by Crippen LogP contribution is 2.21.